The minimum Gasteiger partial charge on any atom is -0.373 e. The van der Waals surface area contributed by atoms with E-state index in [1.807, 2.05) is 0 Å². The Labute approximate surface area is 129 Å². The second kappa shape index (κ2) is 7.91. The molecule has 1 saturated heterocycles. The van der Waals surface area contributed by atoms with Crippen LogP contribution >= 0.6 is 0 Å². The number of nitrogens with one attached hydrogen (secondary N) is 1. The van der Waals surface area contributed by atoms with Gasteiger partial charge in [0.15, 0.2) is 0 Å². The second-order valence-corrected chi connectivity index (χ2v) is 7.44. The van der Waals surface area contributed by atoms with E-state index in [1.165, 1.54) is 11.4 Å². The van der Waals surface area contributed by atoms with E-state index < -0.39 is 22.9 Å². The van der Waals surface area contributed by atoms with E-state index in [1.54, 1.807) is 13.8 Å². The minimum absolute atomic E-state index is 0.102. The maximum Gasteiger partial charge on any atom is 0.401 e. The summed E-state index contributed by atoms with van der Waals surface area (Å²) in [5, 5.41) is 0. The minimum atomic E-state index is -4.24. The van der Waals surface area contributed by atoms with Crippen LogP contribution in [0.2, 0.25) is 0 Å². The number of morpholine rings is 1. The van der Waals surface area contributed by atoms with Crippen LogP contribution in [0.1, 0.15) is 20.3 Å². The van der Waals surface area contributed by atoms with Gasteiger partial charge in [0.2, 0.25) is 0 Å². The Morgan fingerprint density at radius 2 is 1.82 bits per heavy atom. The lowest BCUT2D eigenvalue weighted by atomic mass is 10.3. The summed E-state index contributed by atoms with van der Waals surface area (Å²) in [6, 6.07) is 0. The summed E-state index contributed by atoms with van der Waals surface area (Å²) in [5.41, 5.74) is 0. The lowest BCUT2D eigenvalue weighted by Gasteiger charge is -2.34. The lowest BCUT2D eigenvalue weighted by molar-refractivity contribution is -0.143. The van der Waals surface area contributed by atoms with Crippen molar-refractivity contribution in [1.29, 1.82) is 0 Å². The average Bonchev–Trinajstić information content (AvgIpc) is 2.31. The summed E-state index contributed by atoms with van der Waals surface area (Å²) in [5.74, 6) is 0. The molecule has 6 nitrogen and oxygen atoms in total. The number of nitrogens with zero attached hydrogens (tertiary/aromatic N) is 2. The fourth-order valence-electron chi connectivity index (χ4n) is 2.35. The smallest absolute Gasteiger partial charge is 0.373 e. The Morgan fingerprint density at radius 1 is 1.27 bits per heavy atom. The van der Waals surface area contributed by atoms with Crippen LogP contribution in [0.15, 0.2) is 0 Å². The number of ether oxygens (including phenoxy) is 1. The molecule has 0 aromatic carbocycles. The zero-order valence-corrected chi connectivity index (χ0v) is 13.9. The van der Waals surface area contributed by atoms with Gasteiger partial charge in [-0.25, -0.2) is 4.72 Å². The van der Waals surface area contributed by atoms with E-state index >= 15 is 0 Å². The maximum absolute atomic E-state index is 12.1. The number of alkyl halides is 3. The SMILES string of the molecule is C[C@@H]1CN(S(=O)(=O)NCCCN(C)CC(F)(F)F)C[C@@H](C)O1. The number of rotatable bonds is 7. The standard InChI is InChI=1S/C12H24F3N3O3S/c1-10-7-18(8-11(2)21-10)22(19,20)16-5-4-6-17(3)9-12(13,14)15/h10-11,16H,4-9H2,1-3H3/t10-,11-/m1/s1. The molecule has 0 radical (unpaired) electrons. The first-order chi connectivity index (χ1) is 9.99. The predicted molar refractivity (Wildman–Crippen MR) is 76.7 cm³/mol. The Bertz CT molecular complexity index is 435. The van der Waals surface area contributed by atoms with E-state index in [9.17, 15) is 21.6 Å². The van der Waals surface area contributed by atoms with Crippen molar-refractivity contribution in [3.63, 3.8) is 0 Å². The van der Waals surface area contributed by atoms with Gasteiger partial charge in [0.1, 0.15) is 0 Å². The zero-order valence-electron chi connectivity index (χ0n) is 13.1. The average molecular weight is 347 g/mol. The molecule has 2 atom stereocenters. The Hall–Kier alpha value is -0.420. The fourth-order valence-corrected chi connectivity index (χ4v) is 3.75. The number of hydrogen-bond acceptors (Lipinski definition) is 4. The molecule has 1 fully saturated rings. The summed E-state index contributed by atoms with van der Waals surface area (Å²) in [7, 11) is -2.27. The van der Waals surface area contributed by atoms with Gasteiger partial charge in [-0.05, 0) is 33.9 Å². The van der Waals surface area contributed by atoms with Crippen LogP contribution in [-0.4, -0.2) is 75.8 Å². The second-order valence-electron chi connectivity index (χ2n) is 5.68. The van der Waals surface area contributed by atoms with E-state index in [4.69, 9.17) is 4.74 Å². The van der Waals surface area contributed by atoms with Gasteiger partial charge < -0.3 is 4.74 Å². The van der Waals surface area contributed by atoms with Crippen molar-refractivity contribution in [2.45, 2.75) is 38.7 Å². The first-order valence-corrected chi connectivity index (χ1v) is 8.59. The van der Waals surface area contributed by atoms with Crippen LogP contribution < -0.4 is 4.72 Å². The van der Waals surface area contributed by atoms with Gasteiger partial charge in [-0.3, -0.25) is 4.90 Å². The largest absolute Gasteiger partial charge is 0.401 e. The Morgan fingerprint density at radius 3 is 2.32 bits per heavy atom. The van der Waals surface area contributed by atoms with Gasteiger partial charge in [0, 0.05) is 19.6 Å². The van der Waals surface area contributed by atoms with Crippen molar-refractivity contribution >= 4 is 10.2 Å². The summed E-state index contributed by atoms with van der Waals surface area (Å²) >= 11 is 0. The molecular weight excluding hydrogens is 323 g/mol. The summed E-state index contributed by atoms with van der Waals surface area (Å²) in [6.45, 7) is 3.40. The van der Waals surface area contributed by atoms with Gasteiger partial charge >= 0.3 is 6.18 Å². The molecule has 0 saturated carbocycles. The fraction of sp³-hybridized carbons (Fsp3) is 1.00. The van der Waals surface area contributed by atoms with Crippen molar-refractivity contribution in [3.05, 3.63) is 0 Å². The van der Waals surface area contributed by atoms with Gasteiger partial charge in [-0.15, -0.1) is 0 Å². The van der Waals surface area contributed by atoms with Gasteiger partial charge in [0.05, 0.1) is 18.8 Å². The molecule has 0 aliphatic carbocycles. The molecule has 22 heavy (non-hydrogen) atoms. The molecule has 0 aromatic heterocycles. The number of hydrogen-bond donors (Lipinski definition) is 1. The van der Waals surface area contributed by atoms with Crippen molar-refractivity contribution in [1.82, 2.24) is 13.9 Å². The van der Waals surface area contributed by atoms with Crippen LogP contribution in [-0.2, 0) is 14.9 Å². The Kier molecular flexibility index (Phi) is 7.06. The van der Waals surface area contributed by atoms with Crippen LogP contribution in [0, 0.1) is 0 Å². The van der Waals surface area contributed by atoms with Crippen molar-refractivity contribution in [2.24, 2.45) is 0 Å². The van der Waals surface area contributed by atoms with Crippen molar-refractivity contribution < 1.29 is 26.3 Å². The van der Waals surface area contributed by atoms with E-state index in [-0.39, 0.29) is 38.4 Å². The highest BCUT2D eigenvalue weighted by molar-refractivity contribution is 7.87. The molecule has 10 heteroatoms. The van der Waals surface area contributed by atoms with Gasteiger partial charge in [-0.1, -0.05) is 0 Å². The molecule has 1 heterocycles. The van der Waals surface area contributed by atoms with Gasteiger partial charge in [-0.2, -0.15) is 25.9 Å². The van der Waals surface area contributed by atoms with E-state index in [2.05, 4.69) is 4.72 Å². The molecule has 0 unspecified atom stereocenters. The van der Waals surface area contributed by atoms with E-state index in [0.717, 1.165) is 4.90 Å². The molecule has 1 aliphatic rings. The molecule has 132 valence electrons. The lowest BCUT2D eigenvalue weighted by Crippen LogP contribution is -2.52. The van der Waals surface area contributed by atoms with Crippen LogP contribution in [0.4, 0.5) is 13.2 Å². The highest BCUT2D eigenvalue weighted by atomic mass is 32.2. The van der Waals surface area contributed by atoms with Crippen LogP contribution in [0.5, 0.6) is 0 Å². The Balaban J connectivity index is 2.34. The molecule has 1 aliphatic heterocycles. The monoisotopic (exact) mass is 347 g/mol. The molecule has 1 rings (SSSR count). The third-order valence-corrected chi connectivity index (χ3v) is 4.72. The highest BCUT2D eigenvalue weighted by Gasteiger charge is 2.31. The van der Waals surface area contributed by atoms with Crippen LogP contribution in [0.3, 0.4) is 0 Å². The summed E-state index contributed by atoms with van der Waals surface area (Å²) < 4.78 is 69.9. The molecular formula is C12H24F3N3O3S. The van der Waals surface area contributed by atoms with Crippen molar-refractivity contribution in [3.8, 4) is 0 Å². The van der Waals surface area contributed by atoms with Crippen LogP contribution in [0.25, 0.3) is 0 Å². The molecule has 0 bridgehead atoms. The molecule has 0 spiro atoms. The van der Waals surface area contributed by atoms with E-state index in [0.29, 0.717) is 6.42 Å². The first-order valence-electron chi connectivity index (χ1n) is 7.15. The molecule has 1 N–H and O–H groups in total. The van der Waals surface area contributed by atoms with Gasteiger partial charge in [0.25, 0.3) is 10.2 Å². The zero-order chi connectivity index (χ0) is 17.0. The normalized spacial score (nSPS) is 24.9. The summed E-state index contributed by atoms with van der Waals surface area (Å²) in [6.07, 6.45) is -4.30. The third-order valence-electron chi connectivity index (χ3n) is 3.18. The number of halogens is 3. The quantitative estimate of drug-likeness (QED) is 0.693. The maximum atomic E-state index is 12.1. The topological polar surface area (TPSA) is 61.9 Å². The first kappa shape index (κ1) is 19.6. The third kappa shape index (κ3) is 7.23. The highest BCUT2D eigenvalue weighted by Crippen LogP contribution is 2.16. The molecule has 0 aromatic rings. The molecule has 0 amide bonds. The summed E-state index contributed by atoms with van der Waals surface area (Å²) in [4.78, 5) is 1.12. The predicted octanol–water partition coefficient (Wildman–Crippen LogP) is 0.814. The van der Waals surface area contributed by atoms with Crippen molar-refractivity contribution in [2.75, 3.05) is 39.8 Å².